The number of carbonyl (C=O) groups is 1. The number of aliphatic carboxylic acids is 1. The predicted octanol–water partition coefficient (Wildman–Crippen LogP) is 4.61. The minimum atomic E-state index is -3.81. The van der Waals surface area contributed by atoms with Crippen LogP contribution in [-0.4, -0.2) is 29.9 Å². The number of thioether (sulfide) groups is 1. The van der Waals surface area contributed by atoms with Crippen LogP contribution < -0.4 is 4.74 Å². The van der Waals surface area contributed by atoms with E-state index in [0.29, 0.717) is 29.1 Å². The van der Waals surface area contributed by atoms with Gasteiger partial charge in [-0.3, -0.25) is 0 Å². The average molecular weight is 428 g/mol. The summed E-state index contributed by atoms with van der Waals surface area (Å²) in [6.07, 6.45) is 3.35. The van der Waals surface area contributed by atoms with Crippen molar-refractivity contribution in [1.82, 2.24) is 0 Å². The second-order valence-corrected chi connectivity index (χ2v) is 6.41. The summed E-state index contributed by atoms with van der Waals surface area (Å²) in [5, 5.41) is 8.33. The highest BCUT2D eigenvalue weighted by atomic mass is 127. The first-order chi connectivity index (χ1) is 9.85. The van der Waals surface area contributed by atoms with Gasteiger partial charge in [-0.1, -0.05) is 0 Å². The number of halogens is 3. The fourth-order valence-electron chi connectivity index (χ4n) is 1.43. The van der Waals surface area contributed by atoms with Crippen LogP contribution >= 0.6 is 34.4 Å². The van der Waals surface area contributed by atoms with Gasteiger partial charge in [-0.2, -0.15) is 8.78 Å². The summed E-state index contributed by atoms with van der Waals surface area (Å²) in [5.41, 5.74) is 0. The van der Waals surface area contributed by atoms with Gasteiger partial charge in [-0.25, -0.2) is 4.79 Å². The van der Waals surface area contributed by atoms with Gasteiger partial charge in [0.05, 0.1) is 6.61 Å². The molecule has 0 heterocycles. The van der Waals surface area contributed by atoms with Crippen molar-refractivity contribution in [3.8, 4) is 5.75 Å². The minimum Gasteiger partial charge on any atom is -0.494 e. The van der Waals surface area contributed by atoms with E-state index in [4.69, 9.17) is 9.84 Å². The number of hydrogen-bond acceptors (Lipinski definition) is 3. The second kappa shape index (κ2) is 8.57. The lowest BCUT2D eigenvalue weighted by molar-refractivity contribution is -0.158. The van der Waals surface area contributed by atoms with Crippen LogP contribution in [0.5, 0.6) is 5.75 Å². The minimum absolute atomic E-state index is 0.307. The molecule has 1 rings (SSSR count). The lowest BCUT2D eigenvalue weighted by Gasteiger charge is -2.08. The molecule has 0 amide bonds. The Labute approximate surface area is 139 Å². The normalized spacial score (nSPS) is 12.3. The van der Waals surface area contributed by atoms with Crippen LogP contribution in [-0.2, 0) is 4.79 Å². The van der Waals surface area contributed by atoms with Gasteiger partial charge >= 0.3 is 11.9 Å². The van der Waals surface area contributed by atoms with E-state index in [1.165, 1.54) is 0 Å². The molecular formula is C14H15F2IO3S. The van der Waals surface area contributed by atoms with Gasteiger partial charge in [0.2, 0.25) is 0 Å². The van der Waals surface area contributed by atoms with Crippen LogP contribution in [0.3, 0.4) is 0 Å². The molecule has 1 aromatic carbocycles. The maximum atomic E-state index is 12.9. The van der Waals surface area contributed by atoms with E-state index in [2.05, 4.69) is 0 Å². The lowest BCUT2D eigenvalue weighted by atomic mass is 10.2. The zero-order valence-corrected chi connectivity index (χ0v) is 14.3. The Morgan fingerprint density at radius 3 is 2.57 bits per heavy atom. The first-order valence-electron chi connectivity index (χ1n) is 6.10. The Kier molecular flexibility index (Phi) is 7.44. The maximum absolute atomic E-state index is 12.9. The zero-order valence-electron chi connectivity index (χ0n) is 11.3. The molecule has 0 aliphatic rings. The van der Waals surface area contributed by atoms with Gasteiger partial charge < -0.3 is 9.84 Å². The summed E-state index contributed by atoms with van der Waals surface area (Å²) < 4.78 is 31.7. The SMILES string of the molecule is CSc1ccc(OCCC/C(I)=C\C(F)(F)C(=O)O)cc1. The highest BCUT2D eigenvalue weighted by Gasteiger charge is 2.36. The van der Waals surface area contributed by atoms with Gasteiger partial charge in [-0.15, -0.1) is 11.8 Å². The summed E-state index contributed by atoms with van der Waals surface area (Å²) >= 11 is 3.36. The molecule has 1 N–H and O–H groups in total. The molecule has 21 heavy (non-hydrogen) atoms. The molecule has 0 aromatic heterocycles. The summed E-state index contributed by atoms with van der Waals surface area (Å²) in [6.45, 7) is 0.387. The topological polar surface area (TPSA) is 46.5 Å². The largest absolute Gasteiger partial charge is 0.494 e. The van der Waals surface area contributed by atoms with Crippen molar-refractivity contribution < 1.29 is 23.4 Å². The molecule has 0 fully saturated rings. The zero-order chi connectivity index (χ0) is 15.9. The van der Waals surface area contributed by atoms with Crippen LogP contribution in [0, 0.1) is 0 Å². The van der Waals surface area contributed by atoms with Crippen LogP contribution in [0.15, 0.2) is 38.8 Å². The van der Waals surface area contributed by atoms with E-state index < -0.39 is 11.9 Å². The van der Waals surface area contributed by atoms with Crippen molar-refractivity contribution in [2.24, 2.45) is 0 Å². The number of ether oxygens (including phenoxy) is 1. The third-order valence-corrected chi connectivity index (χ3v) is 4.11. The van der Waals surface area contributed by atoms with Crippen molar-refractivity contribution in [2.45, 2.75) is 23.7 Å². The van der Waals surface area contributed by atoms with Crippen molar-refractivity contribution in [3.63, 3.8) is 0 Å². The number of benzene rings is 1. The molecule has 0 radical (unpaired) electrons. The highest BCUT2D eigenvalue weighted by Crippen LogP contribution is 2.24. The van der Waals surface area contributed by atoms with Gasteiger partial charge in [0.15, 0.2) is 0 Å². The molecule has 0 bridgehead atoms. The number of hydrogen-bond donors (Lipinski definition) is 1. The molecule has 0 atom stereocenters. The smallest absolute Gasteiger partial charge is 0.378 e. The van der Waals surface area contributed by atoms with Gasteiger partial charge in [0.25, 0.3) is 0 Å². The van der Waals surface area contributed by atoms with E-state index in [1.54, 1.807) is 34.4 Å². The van der Waals surface area contributed by atoms with Crippen LogP contribution in [0.1, 0.15) is 12.8 Å². The Balaban J connectivity index is 2.36. The van der Waals surface area contributed by atoms with Gasteiger partial charge in [0.1, 0.15) is 5.75 Å². The van der Waals surface area contributed by atoms with Crippen LogP contribution in [0.2, 0.25) is 0 Å². The first kappa shape index (κ1) is 18.2. The Hall–Kier alpha value is -0.830. The van der Waals surface area contributed by atoms with Crippen molar-refractivity contribution in [2.75, 3.05) is 12.9 Å². The quantitative estimate of drug-likeness (QED) is 0.374. The summed E-state index contributed by atoms with van der Waals surface area (Å²) in [4.78, 5) is 11.4. The third kappa shape index (κ3) is 6.64. The maximum Gasteiger partial charge on any atom is 0.378 e. The van der Waals surface area contributed by atoms with Crippen molar-refractivity contribution >= 4 is 40.3 Å². The third-order valence-electron chi connectivity index (χ3n) is 2.51. The summed E-state index contributed by atoms with van der Waals surface area (Å²) in [6, 6.07) is 7.59. The number of alkyl halides is 2. The summed E-state index contributed by atoms with van der Waals surface area (Å²) in [5.74, 6) is -5.23. The van der Waals surface area contributed by atoms with E-state index in [1.807, 2.05) is 30.5 Å². The molecule has 0 spiro atoms. The molecule has 0 saturated heterocycles. The lowest BCUT2D eigenvalue weighted by Crippen LogP contribution is -2.25. The van der Waals surface area contributed by atoms with Crippen molar-refractivity contribution in [3.05, 3.63) is 33.9 Å². The number of carboxylic acids is 1. The average Bonchev–Trinajstić information content (AvgIpc) is 2.43. The van der Waals surface area contributed by atoms with E-state index in [0.717, 1.165) is 10.6 Å². The molecule has 7 heteroatoms. The number of carboxylic acid groups (broad SMARTS) is 1. The Morgan fingerprint density at radius 1 is 1.43 bits per heavy atom. The van der Waals surface area contributed by atoms with Gasteiger partial charge in [0, 0.05) is 11.0 Å². The number of allylic oxidation sites excluding steroid dienone is 1. The molecule has 116 valence electrons. The second-order valence-electron chi connectivity index (χ2n) is 4.15. The molecule has 0 aliphatic heterocycles. The number of rotatable bonds is 8. The molecule has 1 aromatic rings. The van der Waals surface area contributed by atoms with Crippen molar-refractivity contribution in [1.29, 1.82) is 0 Å². The molecule has 0 aliphatic carbocycles. The Bertz CT molecular complexity index is 503. The summed E-state index contributed by atoms with van der Waals surface area (Å²) in [7, 11) is 0. The standard InChI is InChI=1S/C14H15F2IO3S/c1-21-12-6-4-11(5-7-12)20-8-2-3-10(17)9-14(15,16)13(18)19/h4-7,9H,2-3,8H2,1H3,(H,18,19)/b10-9+. The molecule has 0 saturated carbocycles. The molecular weight excluding hydrogens is 413 g/mol. The molecule has 0 unspecified atom stereocenters. The van der Waals surface area contributed by atoms with E-state index in [9.17, 15) is 13.6 Å². The molecule has 3 nitrogen and oxygen atoms in total. The first-order valence-corrected chi connectivity index (χ1v) is 8.41. The fraction of sp³-hybridized carbons (Fsp3) is 0.357. The van der Waals surface area contributed by atoms with E-state index in [-0.39, 0.29) is 0 Å². The van der Waals surface area contributed by atoms with Crippen LogP contribution in [0.25, 0.3) is 0 Å². The van der Waals surface area contributed by atoms with E-state index >= 15 is 0 Å². The Morgan fingerprint density at radius 2 is 2.05 bits per heavy atom. The van der Waals surface area contributed by atoms with Gasteiger partial charge in [-0.05, 0) is 69.5 Å². The predicted molar refractivity (Wildman–Crippen MR) is 87.6 cm³/mol. The highest BCUT2D eigenvalue weighted by molar-refractivity contribution is 14.1. The fourth-order valence-corrected chi connectivity index (χ4v) is 2.61. The monoisotopic (exact) mass is 428 g/mol. The van der Waals surface area contributed by atoms with Crippen LogP contribution in [0.4, 0.5) is 8.78 Å².